The number of hydrogen-bond donors (Lipinski definition) is 1. The fourth-order valence-corrected chi connectivity index (χ4v) is 1.90. The van der Waals surface area contributed by atoms with Gasteiger partial charge in [0.2, 0.25) is 0 Å². The Morgan fingerprint density at radius 3 is 2.79 bits per heavy atom. The number of ether oxygens (including phenoxy) is 1. The van der Waals surface area contributed by atoms with Gasteiger partial charge in [0.1, 0.15) is 5.82 Å². The maximum absolute atomic E-state index is 12.8. The van der Waals surface area contributed by atoms with Crippen molar-refractivity contribution in [1.82, 2.24) is 4.98 Å². The van der Waals surface area contributed by atoms with Crippen LogP contribution in [0.1, 0.15) is 18.4 Å². The van der Waals surface area contributed by atoms with Crippen LogP contribution >= 0.6 is 15.9 Å². The van der Waals surface area contributed by atoms with E-state index in [2.05, 4.69) is 26.2 Å². The first kappa shape index (κ1) is 14.6. The molecule has 0 atom stereocenters. The maximum atomic E-state index is 12.8. The van der Waals surface area contributed by atoms with Crippen molar-refractivity contribution in [3.05, 3.63) is 22.3 Å². The van der Waals surface area contributed by atoms with E-state index in [4.69, 9.17) is 4.74 Å². The molecule has 2 rings (SSSR count). The summed E-state index contributed by atoms with van der Waals surface area (Å²) in [5, 5.41) is 2.66. The van der Waals surface area contributed by atoms with Crippen LogP contribution in [0.5, 0.6) is 0 Å². The highest BCUT2D eigenvalue weighted by Crippen LogP contribution is 2.35. The van der Waals surface area contributed by atoms with Gasteiger partial charge in [-0.2, -0.15) is 13.2 Å². The van der Waals surface area contributed by atoms with Gasteiger partial charge in [0.15, 0.2) is 0 Å². The Morgan fingerprint density at radius 2 is 2.16 bits per heavy atom. The molecule has 0 amide bonds. The summed E-state index contributed by atoms with van der Waals surface area (Å²) in [4.78, 5) is 3.76. The molecule has 3 nitrogen and oxygen atoms in total. The average molecular weight is 339 g/mol. The second kappa shape index (κ2) is 6.09. The van der Waals surface area contributed by atoms with E-state index in [-0.39, 0.29) is 5.82 Å². The molecule has 1 aromatic rings. The minimum atomic E-state index is -4.42. The summed E-state index contributed by atoms with van der Waals surface area (Å²) < 4.78 is 44.0. The molecule has 1 saturated carbocycles. The van der Waals surface area contributed by atoms with Gasteiger partial charge in [-0.1, -0.05) is 0 Å². The van der Waals surface area contributed by atoms with Gasteiger partial charge in [-0.05, 0) is 40.8 Å². The van der Waals surface area contributed by atoms with E-state index in [0.29, 0.717) is 30.1 Å². The van der Waals surface area contributed by atoms with E-state index >= 15 is 0 Å². The van der Waals surface area contributed by atoms with Crippen molar-refractivity contribution in [3.63, 3.8) is 0 Å². The van der Waals surface area contributed by atoms with Gasteiger partial charge in [0, 0.05) is 23.8 Å². The number of halogens is 4. The van der Waals surface area contributed by atoms with Crippen molar-refractivity contribution in [3.8, 4) is 0 Å². The molecule has 0 saturated heterocycles. The van der Waals surface area contributed by atoms with E-state index in [1.54, 1.807) is 0 Å². The Bertz CT molecular complexity index is 435. The third-order valence-electron chi connectivity index (χ3n) is 2.75. The van der Waals surface area contributed by atoms with E-state index in [9.17, 15) is 13.2 Å². The fourth-order valence-electron chi connectivity index (χ4n) is 1.57. The Labute approximate surface area is 117 Å². The highest BCUT2D eigenvalue weighted by atomic mass is 79.9. The molecule has 0 unspecified atom stereocenters. The van der Waals surface area contributed by atoms with Crippen LogP contribution in [-0.2, 0) is 10.9 Å². The summed E-state index contributed by atoms with van der Waals surface area (Å²) in [5.41, 5.74) is -0.774. The zero-order valence-electron chi connectivity index (χ0n) is 10.1. The van der Waals surface area contributed by atoms with E-state index in [1.807, 2.05) is 0 Å². The highest BCUT2D eigenvalue weighted by Gasteiger charge is 2.34. The molecule has 0 radical (unpaired) electrons. The molecule has 0 spiro atoms. The molecule has 0 bridgehead atoms. The van der Waals surface area contributed by atoms with E-state index in [0.717, 1.165) is 6.07 Å². The first-order valence-electron chi connectivity index (χ1n) is 6.01. The molecule has 1 fully saturated rings. The van der Waals surface area contributed by atoms with E-state index in [1.165, 1.54) is 19.0 Å². The van der Waals surface area contributed by atoms with Gasteiger partial charge in [0.25, 0.3) is 0 Å². The van der Waals surface area contributed by atoms with Crippen LogP contribution in [-0.4, -0.2) is 24.7 Å². The number of hydrogen-bond acceptors (Lipinski definition) is 3. The molecule has 1 aliphatic carbocycles. The summed E-state index contributed by atoms with van der Waals surface area (Å²) in [6.07, 6.45) is -0.698. The van der Waals surface area contributed by atoms with E-state index < -0.39 is 11.7 Å². The SMILES string of the molecule is FC(F)(F)c1cc(Br)cnc1NCCOCC1CC1. The second-order valence-electron chi connectivity index (χ2n) is 4.49. The number of anilines is 1. The number of pyridine rings is 1. The summed E-state index contributed by atoms with van der Waals surface area (Å²) in [6.45, 7) is 1.39. The van der Waals surface area contributed by atoms with Crippen molar-refractivity contribution in [2.24, 2.45) is 5.92 Å². The first-order chi connectivity index (χ1) is 8.97. The van der Waals surface area contributed by atoms with Gasteiger partial charge in [0.05, 0.1) is 12.2 Å². The predicted molar refractivity (Wildman–Crippen MR) is 69.0 cm³/mol. The predicted octanol–water partition coefficient (Wildman–Crippen LogP) is 3.70. The van der Waals surface area contributed by atoms with Gasteiger partial charge in [-0.25, -0.2) is 4.98 Å². The van der Waals surface area contributed by atoms with Crippen LogP contribution in [0, 0.1) is 5.92 Å². The summed E-state index contributed by atoms with van der Waals surface area (Å²) >= 11 is 2.99. The molecule has 1 N–H and O–H groups in total. The van der Waals surface area contributed by atoms with Crippen LogP contribution < -0.4 is 5.32 Å². The highest BCUT2D eigenvalue weighted by molar-refractivity contribution is 9.10. The van der Waals surface area contributed by atoms with Crippen molar-refractivity contribution < 1.29 is 17.9 Å². The van der Waals surface area contributed by atoms with Gasteiger partial charge < -0.3 is 10.1 Å². The summed E-state index contributed by atoms with van der Waals surface area (Å²) in [5.74, 6) is 0.488. The molecule has 7 heteroatoms. The number of alkyl halides is 3. The standard InChI is InChI=1S/C12H14BrF3N2O/c13-9-5-10(12(14,15)16)11(18-6-9)17-3-4-19-7-8-1-2-8/h5-6,8H,1-4,7H2,(H,17,18). The third kappa shape index (κ3) is 4.65. The third-order valence-corrected chi connectivity index (χ3v) is 3.18. The monoisotopic (exact) mass is 338 g/mol. The maximum Gasteiger partial charge on any atom is 0.419 e. The van der Waals surface area contributed by atoms with Gasteiger partial charge >= 0.3 is 6.18 Å². The summed E-state index contributed by atoms with van der Waals surface area (Å²) in [6, 6.07) is 1.01. The lowest BCUT2D eigenvalue weighted by Crippen LogP contribution is -2.16. The van der Waals surface area contributed by atoms with Crippen molar-refractivity contribution >= 4 is 21.7 Å². The lowest BCUT2D eigenvalue weighted by molar-refractivity contribution is -0.137. The number of nitrogens with one attached hydrogen (secondary N) is 1. The van der Waals surface area contributed by atoms with Crippen molar-refractivity contribution in [2.45, 2.75) is 19.0 Å². The Hall–Kier alpha value is -0.820. The molecule has 19 heavy (non-hydrogen) atoms. The van der Waals surface area contributed by atoms with Gasteiger partial charge in [-0.15, -0.1) is 0 Å². The Morgan fingerprint density at radius 1 is 1.42 bits per heavy atom. The molecule has 1 aromatic heterocycles. The average Bonchev–Trinajstić information content (AvgIpc) is 3.13. The van der Waals surface area contributed by atoms with Crippen LogP contribution in [0.4, 0.5) is 19.0 Å². The zero-order chi connectivity index (χ0) is 13.9. The molecule has 1 aliphatic rings. The second-order valence-corrected chi connectivity index (χ2v) is 5.41. The largest absolute Gasteiger partial charge is 0.419 e. The normalized spacial score (nSPS) is 15.6. The van der Waals surface area contributed by atoms with Crippen LogP contribution in [0.3, 0.4) is 0 Å². The molecular weight excluding hydrogens is 325 g/mol. The molecule has 1 heterocycles. The van der Waals surface area contributed by atoms with Crippen LogP contribution in [0.15, 0.2) is 16.7 Å². The molecule has 0 aromatic carbocycles. The zero-order valence-corrected chi connectivity index (χ0v) is 11.7. The topological polar surface area (TPSA) is 34.2 Å². The van der Waals surface area contributed by atoms with Gasteiger partial charge in [-0.3, -0.25) is 0 Å². The Kier molecular flexibility index (Phi) is 4.67. The van der Waals surface area contributed by atoms with Crippen molar-refractivity contribution in [1.29, 1.82) is 0 Å². The molecule has 106 valence electrons. The number of nitrogens with zero attached hydrogens (tertiary/aromatic N) is 1. The first-order valence-corrected chi connectivity index (χ1v) is 6.80. The van der Waals surface area contributed by atoms with Crippen molar-refractivity contribution in [2.75, 3.05) is 25.1 Å². The molecular formula is C12H14BrF3N2O. The lowest BCUT2D eigenvalue weighted by atomic mass is 10.2. The number of aromatic nitrogens is 1. The smallest absolute Gasteiger partial charge is 0.379 e. The fraction of sp³-hybridized carbons (Fsp3) is 0.583. The quantitative estimate of drug-likeness (QED) is 0.803. The van der Waals surface area contributed by atoms with Crippen LogP contribution in [0.2, 0.25) is 0 Å². The Balaban J connectivity index is 1.87. The number of rotatable bonds is 6. The lowest BCUT2D eigenvalue weighted by Gasteiger charge is -2.13. The van der Waals surface area contributed by atoms with Crippen LogP contribution in [0.25, 0.3) is 0 Å². The minimum absolute atomic E-state index is 0.161. The minimum Gasteiger partial charge on any atom is -0.379 e. The summed E-state index contributed by atoms with van der Waals surface area (Å²) in [7, 11) is 0. The molecule has 0 aliphatic heterocycles.